The molecule has 0 unspecified atom stereocenters. The van der Waals surface area contributed by atoms with E-state index >= 15 is 0 Å². The Bertz CT molecular complexity index is 2420. The van der Waals surface area contributed by atoms with E-state index < -0.39 is 0 Å². The number of anilines is 3. The van der Waals surface area contributed by atoms with Gasteiger partial charge in [0, 0.05) is 33.5 Å². The van der Waals surface area contributed by atoms with E-state index in [0.717, 1.165) is 50.5 Å². The van der Waals surface area contributed by atoms with Crippen LogP contribution in [0.25, 0.3) is 54.6 Å². The summed E-state index contributed by atoms with van der Waals surface area (Å²) >= 11 is 0. The highest BCUT2D eigenvalue weighted by Gasteiger charge is 2.18. The number of rotatable bonds is 6. The van der Waals surface area contributed by atoms with E-state index in [0.29, 0.717) is 11.3 Å². The van der Waals surface area contributed by atoms with Crippen LogP contribution in [0.5, 0.6) is 0 Å². The molecule has 8 aromatic rings. The Morgan fingerprint density at radius 3 is 1.71 bits per heavy atom. The minimum Gasteiger partial charge on any atom is -0.311 e. The number of nitrogens with zero attached hydrogens (tertiary/aromatic N) is 4. The summed E-state index contributed by atoms with van der Waals surface area (Å²) < 4.78 is 2.36. The van der Waals surface area contributed by atoms with Crippen molar-refractivity contribution >= 4 is 44.6 Å². The second-order valence-corrected chi connectivity index (χ2v) is 11.6. The first kappa shape index (κ1) is 28.6. The smallest absolute Gasteiger partial charge is 0.187 e. The van der Waals surface area contributed by atoms with E-state index in [1.807, 2.05) is 48.5 Å². The van der Waals surface area contributed by atoms with Crippen molar-refractivity contribution in [2.45, 2.75) is 0 Å². The third-order valence-electron chi connectivity index (χ3n) is 8.84. The van der Waals surface area contributed by atoms with E-state index in [4.69, 9.17) is 6.57 Å². The van der Waals surface area contributed by atoms with Crippen LogP contribution in [0.2, 0.25) is 0 Å². The average molecular weight is 613 g/mol. The zero-order valence-corrected chi connectivity index (χ0v) is 26.0. The summed E-state index contributed by atoms with van der Waals surface area (Å²) in [5, 5.41) is 11.8. The third kappa shape index (κ3) is 5.05. The lowest BCUT2D eigenvalue weighted by atomic mass is 9.92. The van der Waals surface area contributed by atoms with Gasteiger partial charge in [0.1, 0.15) is 0 Å². The quantitative estimate of drug-likeness (QED) is 0.175. The monoisotopic (exact) mass is 612 g/mol. The molecule has 224 valence electrons. The number of aromatic nitrogens is 1. The lowest BCUT2D eigenvalue weighted by Crippen LogP contribution is -2.09. The van der Waals surface area contributed by atoms with Crippen LogP contribution in [0, 0.1) is 17.9 Å². The van der Waals surface area contributed by atoms with Crippen LogP contribution in [-0.4, -0.2) is 4.57 Å². The molecule has 0 spiro atoms. The molecule has 4 heteroatoms. The van der Waals surface area contributed by atoms with Gasteiger partial charge in [-0.1, -0.05) is 91.0 Å². The highest BCUT2D eigenvalue weighted by atomic mass is 15.1. The highest BCUT2D eigenvalue weighted by molar-refractivity contribution is 6.12. The van der Waals surface area contributed by atoms with Crippen molar-refractivity contribution in [2.24, 2.45) is 0 Å². The Morgan fingerprint density at radius 2 is 1.06 bits per heavy atom. The number of hydrogen-bond donors (Lipinski definition) is 0. The maximum atomic E-state index is 9.39. The Labute approximate surface area is 279 Å². The van der Waals surface area contributed by atoms with Gasteiger partial charge in [-0.3, -0.25) is 0 Å². The fourth-order valence-corrected chi connectivity index (χ4v) is 6.56. The Hall–Kier alpha value is -6.88. The van der Waals surface area contributed by atoms with Crippen molar-refractivity contribution < 1.29 is 0 Å². The van der Waals surface area contributed by atoms with E-state index in [1.54, 1.807) is 0 Å². The summed E-state index contributed by atoms with van der Waals surface area (Å²) in [7, 11) is 0. The molecule has 7 aromatic carbocycles. The molecule has 0 fully saturated rings. The number of para-hydroxylation sites is 2. The molecular formula is C44H28N4. The summed E-state index contributed by atoms with van der Waals surface area (Å²) in [6.45, 7) is 7.40. The first-order valence-corrected chi connectivity index (χ1v) is 15.8. The highest BCUT2D eigenvalue weighted by Crippen LogP contribution is 2.42. The SMILES string of the molecule is [C-]#[N+]c1ccc(N(c2ccc(C#N)cc2)c2ccc(-c3cc4c5ccccc5n(-c5ccccc5)c4cc3-c3ccccc3)cc2)cc1. The molecule has 0 bridgehead atoms. The maximum absolute atomic E-state index is 9.39. The first-order chi connectivity index (χ1) is 23.7. The molecule has 0 amide bonds. The van der Waals surface area contributed by atoms with Crippen LogP contribution >= 0.6 is 0 Å². The van der Waals surface area contributed by atoms with Crippen LogP contribution in [0.3, 0.4) is 0 Å². The summed E-state index contributed by atoms with van der Waals surface area (Å²) in [5.74, 6) is 0. The van der Waals surface area contributed by atoms with Crippen LogP contribution in [0.15, 0.2) is 170 Å². The van der Waals surface area contributed by atoms with Gasteiger partial charge >= 0.3 is 0 Å². The molecule has 4 nitrogen and oxygen atoms in total. The van der Waals surface area contributed by atoms with Crippen molar-refractivity contribution in [1.82, 2.24) is 4.57 Å². The Balaban J connectivity index is 1.31. The van der Waals surface area contributed by atoms with Gasteiger partial charge in [0.2, 0.25) is 0 Å². The second-order valence-electron chi connectivity index (χ2n) is 11.6. The fraction of sp³-hybridized carbons (Fsp3) is 0. The number of fused-ring (bicyclic) bond motifs is 3. The molecule has 0 saturated carbocycles. The largest absolute Gasteiger partial charge is 0.311 e. The summed E-state index contributed by atoms with van der Waals surface area (Å²) in [6, 6.07) is 60.5. The molecule has 48 heavy (non-hydrogen) atoms. The third-order valence-corrected chi connectivity index (χ3v) is 8.84. The molecular weight excluding hydrogens is 585 g/mol. The van der Waals surface area contributed by atoms with Crippen molar-refractivity contribution in [2.75, 3.05) is 4.90 Å². The van der Waals surface area contributed by atoms with Gasteiger partial charge in [0.05, 0.1) is 29.2 Å². The molecule has 0 atom stereocenters. The van der Waals surface area contributed by atoms with E-state index in [1.165, 1.54) is 16.3 Å². The van der Waals surface area contributed by atoms with Gasteiger partial charge in [0.15, 0.2) is 5.69 Å². The Morgan fingerprint density at radius 1 is 0.521 bits per heavy atom. The molecule has 0 aliphatic carbocycles. The Kier molecular flexibility index (Phi) is 7.23. The number of hydrogen-bond acceptors (Lipinski definition) is 2. The van der Waals surface area contributed by atoms with Gasteiger partial charge in [-0.15, -0.1) is 0 Å². The molecule has 0 aliphatic rings. The van der Waals surface area contributed by atoms with Crippen LogP contribution in [-0.2, 0) is 0 Å². The van der Waals surface area contributed by atoms with Crippen LogP contribution in [0.1, 0.15) is 5.56 Å². The van der Waals surface area contributed by atoms with Crippen molar-refractivity contribution in [1.29, 1.82) is 5.26 Å². The zero-order valence-electron chi connectivity index (χ0n) is 26.0. The standard InChI is InChI=1S/C44H28N4/c1-46-34-20-26-38(27-21-34)47(36-22-16-31(30-45)17-23-36)37-24-18-33(19-25-37)40-28-42-39-14-8-9-15-43(39)48(35-12-6-3-7-13-35)44(42)29-41(40)32-10-4-2-5-11-32/h2-29H. The lowest BCUT2D eigenvalue weighted by molar-refractivity contribution is 1.18. The van der Waals surface area contributed by atoms with Crippen molar-refractivity contribution in [3.63, 3.8) is 0 Å². The minimum atomic E-state index is 0.589. The summed E-state index contributed by atoms with van der Waals surface area (Å²) in [5.41, 5.74) is 12.1. The van der Waals surface area contributed by atoms with Gasteiger partial charge in [-0.05, 0) is 101 Å². The topological polar surface area (TPSA) is 36.3 Å². The van der Waals surface area contributed by atoms with Crippen molar-refractivity contribution in [3.05, 3.63) is 187 Å². The molecule has 0 N–H and O–H groups in total. The number of benzene rings is 7. The minimum absolute atomic E-state index is 0.589. The van der Waals surface area contributed by atoms with E-state index in [-0.39, 0.29) is 0 Å². The average Bonchev–Trinajstić information content (AvgIpc) is 3.49. The summed E-state index contributed by atoms with van der Waals surface area (Å²) in [4.78, 5) is 5.72. The molecule has 0 radical (unpaired) electrons. The fourth-order valence-electron chi connectivity index (χ4n) is 6.56. The van der Waals surface area contributed by atoms with Crippen LogP contribution in [0.4, 0.5) is 22.7 Å². The second kappa shape index (κ2) is 12.1. The predicted molar refractivity (Wildman–Crippen MR) is 197 cm³/mol. The molecule has 1 heterocycles. The summed E-state index contributed by atoms with van der Waals surface area (Å²) in [6.07, 6.45) is 0. The molecule has 1 aromatic heterocycles. The van der Waals surface area contributed by atoms with E-state index in [2.05, 4.69) is 142 Å². The lowest BCUT2D eigenvalue weighted by Gasteiger charge is -2.26. The van der Waals surface area contributed by atoms with Gasteiger partial charge in [0.25, 0.3) is 0 Å². The normalized spacial score (nSPS) is 10.9. The van der Waals surface area contributed by atoms with Crippen LogP contribution < -0.4 is 4.90 Å². The maximum Gasteiger partial charge on any atom is 0.187 e. The van der Waals surface area contributed by atoms with E-state index in [9.17, 15) is 5.26 Å². The molecule has 0 saturated heterocycles. The predicted octanol–water partition coefficient (Wildman–Crippen LogP) is 12.0. The first-order valence-electron chi connectivity index (χ1n) is 15.8. The zero-order chi connectivity index (χ0) is 32.5. The molecule has 8 rings (SSSR count). The van der Waals surface area contributed by atoms with Gasteiger partial charge in [-0.25, -0.2) is 4.85 Å². The molecule has 0 aliphatic heterocycles. The van der Waals surface area contributed by atoms with Gasteiger partial charge < -0.3 is 9.47 Å². The van der Waals surface area contributed by atoms with Crippen molar-refractivity contribution in [3.8, 4) is 34.0 Å². The number of nitriles is 1. The van der Waals surface area contributed by atoms with Gasteiger partial charge in [-0.2, -0.15) is 5.26 Å².